The first-order chi connectivity index (χ1) is 6.84. The van der Waals surface area contributed by atoms with Gasteiger partial charge in [0.25, 0.3) is 0 Å². The second-order valence-electron chi connectivity index (χ2n) is 4.55. The summed E-state index contributed by atoms with van der Waals surface area (Å²) in [7, 11) is 0. The van der Waals surface area contributed by atoms with E-state index in [0.717, 1.165) is 25.7 Å². The van der Waals surface area contributed by atoms with Crippen LogP contribution in [0, 0.1) is 11.8 Å². The van der Waals surface area contributed by atoms with Crippen molar-refractivity contribution in [2.45, 2.75) is 25.7 Å². The molecule has 0 amide bonds. The Morgan fingerprint density at radius 2 is 1.43 bits per heavy atom. The van der Waals surface area contributed by atoms with E-state index in [2.05, 4.69) is 24.3 Å². The van der Waals surface area contributed by atoms with Crippen LogP contribution in [0.2, 0.25) is 0 Å². The van der Waals surface area contributed by atoms with Crippen molar-refractivity contribution in [1.82, 2.24) is 0 Å². The number of rotatable bonds is 0. The minimum Gasteiger partial charge on any atom is -0.299 e. The maximum Gasteiger partial charge on any atom is 0.139 e. The predicted molar refractivity (Wildman–Crippen MR) is 55.1 cm³/mol. The topological polar surface area (TPSA) is 17.1 Å². The number of carbonyl (C=O) groups excluding carboxylic acids is 1. The zero-order chi connectivity index (χ0) is 9.54. The lowest BCUT2D eigenvalue weighted by Crippen LogP contribution is -2.13. The number of fused-ring (bicyclic) bond motifs is 3. The molecule has 0 aliphatic heterocycles. The van der Waals surface area contributed by atoms with Gasteiger partial charge in [0.1, 0.15) is 5.78 Å². The number of hydrogen-bond donors (Lipinski definition) is 0. The molecule has 2 aliphatic carbocycles. The lowest BCUT2D eigenvalue weighted by molar-refractivity contribution is -0.123. The van der Waals surface area contributed by atoms with Gasteiger partial charge < -0.3 is 0 Å². The molecule has 14 heavy (non-hydrogen) atoms. The quantitative estimate of drug-likeness (QED) is 0.608. The molecule has 1 saturated carbocycles. The molecule has 1 nitrogen and oxygen atoms in total. The number of benzene rings is 1. The van der Waals surface area contributed by atoms with Gasteiger partial charge in [-0.3, -0.25) is 4.79 Å². The normalized spacial score (nSPS) is 29.9. The van der Waals surface area contributed by atoms with E-state index in [-0.39, 0.29) is 0 Å². The highest BCUT2D eigenvalue weighted by atomic mass is 16.1. The summed E-state index contributed by atoms with van der Waals surface area (Å²) < 4.78 is 0. The molecule has 1 fully saturated rings. The van der Waals surface area contributed by atoms with Crippen molar-refractivity contribution in [3.63, 3.8) is 0 Å². The molecule has 0 heterocycles. The fraction of sp³-hybridized carbons (Fsp3) is 0.462. The van der Waals surface area contributed by atoms with Gasteiger partial charge in [-0.25, -0.2) is 0 Å². The monoisotopic (exact) mass is 186 g/mol. The molecule has 1 heteroatoms. The highest BCUT2D eigenvalue weighted by Crippen LogP contribution is 2.36. The predicted octanol–water partition coefficient (Wildman–Crippen LogP) is 2.38. The van der Waals surface area contributed by atoms with Crippen LogP contribution in [0.3, 0.4) is 0 Å². The Morgan fingerprint density at radius 1 is 0.929 bits per heavy atom. The smallest absolute Gasteiger partial charge is 0.139 e. The van der Waals surface area contributed by atoms with E-state index in [1.54, 1.807) is 0 Å². The van der Waals surface area contributed by atoms with E-state index in [9.17, 15) is 4.79 Å². The van der Waals surface area contributed by atoms with Crippen molar-refractivity contribution in [2.75, 3.05) is 0 Å². The van der Waals surface area contributed by atoms with Gasteiger partial charge in [0, 0.05) is 11.8 Å². The molecule has 0 aromatic heterocycles. The van der Waals surface area contributed by atoms with Crippen LogP contribution >= 0.6 is 0 Å². The largest absolute Gasteiger partial charge is 0.299 e. The van der Waals surface area contributed by atoms with Gasteiger partial charge in [-0.05, 0) is 36.8 Å². The van der Waals surface area contributed by atoms with Gasteiger partial charge in [0.2, 0.25) is 0 Å². The van der Waals surface area contributed by atoms with Crippen LogP contribution in [0.1, 0.15) is 24.0 Å². The Labute approximate surface area is 84.1 Å². The highest BCUT2D eigenvalue weighted by molar-refractivity contribution is 5.86. The summed E-state index contributed by atoms with van der Waals surface area (Å²) in [6, 6.07) is 8.54. The van der Waals surface area contributed by atoms with E-state index < -0.39 is 0 Å². The third kappa shape index (κ3) is 1.12. The second kappa shape index (κ2) is 2.94. The number of carbonyl (C=O) groups is 1. The molecule has 1 aromatic carbocycles. The number of hydrogen-bond acceptors (Lipinski definition) is 1. The van der Waals surface area contributed by atoms with Crippen molar-refractivity contribution in [1.29, 1.82) is 0 Å². The molecule has 0 saturated heterocycles. The molecule has 0 spiro atoms. The standard InChI is InChI=1S/C13H14O/c14-13-11-5-6-12(13)8-10-4-2-1-3-9(10)7-11/h1-4,11-12H,5-8H2/t11-,12?/m0/s1. The van der Waals surface area contributed by atoms with Gasteiger partial charge in [0.15, 0.2) is 0 Å². The molecule has 3 rings (SSSR count). The average Bonchev–Trinajstić information content (AvgIpc) is 2.44. The summed E-state index contributed by atoms with van der Waals surface area (Å²) in [5.74, 6) is 1.20. The van der Waals surface area contributed by atoms with E-state index >= 15 is 0 Å². The zero-order valence-electron chi connectivity index (χ0n) is 8.20. The summed E-state index contributed by atoms with van der Waals surface area (Å²) in [6.07, 6.45) is 4.23. The van der Waals surface area contributed by atoms with Crippen molar-refractivity contribution in [2.24, 2.45) is 11.8 Å². The molecule has 1 aromatic rings. The fourth-order valence-corrected chi connectivity index (χ4v) is 2.91. The van der Waals surface area contributed by atoms with Crippen LogP contribution in [0.4, 0.5) is 0 Å². The third-order valence-corrected chi connectivity index (χ3v) is 3.72. The van der Waals surface area contributed by atoms with Crippen molar-refractivity contribution in [3.8, 4) is 0 Å². The zero-order valence-corrected chi connectivity index (χ0v) is 8.20. The summed E-state index contributed by atoms with van der Waals surface area (Å²) in [6.45, 7) is 0. The Morgan fingerprint density at radius 3 is 1.93 bits per heavy atom. The molecule has 0 radical (unpaired) electrons. The van der Waals surface area contributed by atoms with Crippen molar-refractivity contribution < 1.29 is 4.79 Å². The highest BCUT2D eigenvalue weighted by Gasteiger charge is 2.36. The van der Waals surface area contributed by atoms with Crippen LogP contribution in [0.5, 0.6) is 0 Å². The summed E-state index contributed by atoms with van der Waals surface area (Å²) in [5.41, 5.74) is 2.82. The first kappa shape index (κ1) is 8.22. The van der Waals surface area contributed by atoms with Crippen molar-refractivity contribution >= 4 is 5.78 Å². The molecule has 1 unspecified atom stereocenters. The van der Waals surface area contributed by atoms with Crippen LogP contribution in [0.25, 0.3) is 0 Å². The van der Waals surface area contributed by atoms with Crippen LogP contribution in [0.15, 0.2) is 24.3 Å². The Bertz CT molecular complexity index is 346. The van der Waals surface area contributed by atoms with Gasteiger partial charge in [-0.2, -0.15) is 0 Å². The van der Waals surface area contributed by atoms with E-state index in [0.29, 0.717) is 17.6 Å². The molecule has 2 aliphatic rings. The van der Waals surface area contributed by atoms with Gasteiger partial charge in [0.05, 0.1) is 0 Å². The first-order valence-corrected chi connectivity index (χ1v) is 5.45. The SMILES string of the molecule is O=C1C2CC[C@H]1Cc1ccccc1C2. The Kier molecular flexibility index (Phi) is 1.73. The molecular formula is C13H14O. The maximum absolute atomic E-state index is 11.9. The molecular weight excluding hydrogens is 172 g/mol. The molecule has 0 N–H and O–H groups in total. The van der Waals surface area contributed by atoms with Crippen LogP contribution < -0.4 is 0 Å². The Hall–Kier alpha value is -1.11. The van der Waals surface area contributed by atoms with E-state index in [1.165, 1.54) is 11.1 Å². The summed E-state index contributed by atoms with van der Waals surface area (Å²) >= 11 is 0. The van der Waals surface area contributed by atoms with Gasteiger partial charge in [-0.1, -0.05) is 24.3 Å². The maximum atomic E-state index is 11.9. The Balaban J connectivity index is 2.06. The van der Waals surface area contributed by atoms with Gasteiger partial charge in [-0.15, -0.1) is 0 Å². The lowest BCUT2D eigenvalue weighted by Gasteiger charge is -2.10. The van der Waals surface area contributed by atoms with Crippen LogP contribution in [-0.2, 0) is 17.6 Å². The average molecular weight is 186 g/mol. The minimum atomic E-state index is 0.337. The van der Waals surface area contributed by atoms with Crippen LogP contribution in [-0.4, -0.2) is 5.78 Å². The van der Waals surface area contributed by atoms with E-state index in [1.807, 2.05) is 0 Å². The molecule has 72 valence electrons. The van der Waals surface area contributed by atoms with Crippen molar-refractivity contribution in [3.05, 3.63) is 35.4 Å². The first-order valence-electron chi connectivity index (χ1n) is 5.45. The van der Waals surface area contributed by atoms with E-state index in [4.69, 9.17) is 0 Å². The third-order valence-electron chi connectivity index (χ3n) is 3.72. The van der Waals surface area contributed by atoms with Gasteiger partial charge >= 0.3 is 0 Å². The lowest BCUT2D eigenvalue weighted by atomic mass is 9.94. The summed E-state index contributed by atoms with van der Waals surface area (Å²) in [4.78, 5) is 11.9. The molecule has 2 bridgehead atoms. The second-order valence-corrected chi connectivity index (χ2v) is 4.55. The number of ketones is 1. The number of Topliss-reactive ketones (excluding diaryl/α,β-unsaturated/α-hetero) is 1. The molecule has 2 atom stereocenters. The summed E-state index contributed by atoms with van der Waals surface area (Å²) in [5, 5.41) is 0. The fourth-order valence-electron chi connectivity index (χ4n) is 2.91. The minimum absolute atomic E-state index is 0.337.